The molecule has 0 aliphatic carbocycles. The van der Waals surface area contributed by atoms with E-state index >= 15 is 0 Å². The minimum atomic E-state index is -1.52. The van der Waals surface area contributed by atoms with Crippen molar-refractivity contribution in [2.45, 2.75) is 36.0 Å². The van der Waals surface area contributed by atoms with Crippen LogP contribution in [0.3, 0.4) is 0 Å². The highest BCUT2D eigenvalue weighted by Crippen LogP contribution is 2.14. The minimum absolute atomic E-state index is 0.0168. The average molecular weight is 449 g/mol. The molecule has 1 heterocycles. The molecule has 1 fully saturated rings. The lowest BCUT2D eigenvalue weighted by Gasteiger charge is -2.25. The molecule has 31 heavy (non-hydrogen) atoms. The fraction of sp³-hybridized carbons (Fsp3) is 0.409. The van der Waals surface area contributed by atoms with E-state index in [2.05, 4.69) is 10.0 Å². The number of hydrogen-bond acceptors (Lipinski definition) is 6. The van der Waals surface area contributed by atoms with Crippen LogP contribution in [0.1, 0.15) is 12.0 Å². The van der Waals surface area contributed by atoms with Gasteiger partial charge in [0.2, 0.25) is 0 Å². The highest BCUT2D eigenvalue weighted by atomic mass is 32.2. The molecule has 0 bridgehead atoms. The Bertz CT molecular complexity index is 843. The fourth-order valence-electron chi connectivity index (χ4n) is 3.18. The van der Waals surface area contributed by atoms with Gasteiger partial charge in [0.1, 0.15) is 22.8 Å². The lowest BCUT2D eigenvalue weighted by atomic mass is 10.0. The number of carbonyl (C=O) groups excluding carboxylic acids is 1. The van der Waals surface area contributed by atoms with Crippen LogP contribution in [0.15, 0.2) is 59.5 Å². The van der Waals surface area contributed by atoms with Crippen molar-refractivity contribution in [3.8, 4) is 5.75 Å². The summed E-state index contributed by atoms with van der Waals surface area (Å²) >= 11 is 0. The van der Waals surface area contributed by atoms with Crippen molar-refractivity contribution in [2.75, 3.05) is 26.9 Å². The molecule has 2 unspecified atom stereocenters. The predicted octanol–water partition coefficient (Wildman–Crippen LogP) is 1.79. The molecule has 1 aliphatic heterocycles. The van der Waals surface area contributed by atoms with Crippen LogP contribution < -0.4 is 14.8 Å². The first kappa shape index (κ1) is 23.2. The van der Waals surface area contributed by atoms with Crippen LogP contribution in [0.2, 0.25) is 0 Å². The summed E-state index contributed by atoms with van der Waals surface area (Å²) in [5.74, 6) is 0.666. The number of carbonyl (C=O) groups is 1. The molecule has 1 saturated heterocycles. The van der Waals surface area contributed by atoms with Gasteiger partial charge in [-0.3, -0.25) is 0 Å². The number of hydrogen-bond donors (Lipinski definition) is 3. The molecule has 0 saturated carbocycles. The van der Waals surface area contributed by atoms with Crippen molar-refractivity contribution < 1.29 is 28.3 Å². The molecular weight excluding hydrogens is 420 g/mol. The summed E-state index contributed by atoms with van der Waals surface area (Å²) in [5, 5.41) is 13.5. The highest BCUT2D eigenvalue weighted by Gasteiger charge is 2.26. The first-order valence-corrected chi connectivity index (χ1v) is 11.3. The monoisotopic (exact) mass is 448 g/mol. The van der Waals surface area contributed by atoms with Gasteiger partial charge in [-0.1, -0.05) is 30.3 Å². The Hall–Kier alpha value is -2.46. The third kappa shape index (κ3) is 7.32. The van der Waals surface area contributed by atoms with Gasteiger partial charge in [-0.15, -0.1) is 0 Å². The van der Waals surface area contributed by atoms with E-state index in [1.807, 2.05) is 30.3 Å². The first-order chi connectivity index (χ1) is 15.0. The number of benzene rings is 2. The number of aliphatic hydroxyl groups is 1. The standard InChI is InChI=1S/C22H28N2O6S/c1-28-17-7-9-19(10-8-17)31(27)23-14-21(25)20(13-16-5-3-2-4-6-16)24-22(26)30-18-11-12-29-15-18/h2-10,18,20-21,23,25H,11-15H2,1H3,(H,24,26)/t18-,20?,21+,31?/m0/s1. The van der Waals surface area contributed by atoms with E-state index < -0.39 is 29.2 Å². The van der Waals surface area contributed by atoms with Crippen LogP contribution in [-0.2, 0) is 26.9 Å². The zero-order valence-corrected chi connectivity index (χ0v) is 18.2. The van der Waals surface area contributed by atoms with Gasteiger partial charge < -0.3 is 24.6 Å². The Morgan fingerprint density at radius 3 is 2.61 bits per heavy atom. The van der Waals surface area contributed by atoms with Crippen molar-refractivity contribution in [3.63, 3.8) is 0 Å². The smallest absolute Gasteiger partial charge is 0.407 e. The van der Waals surface area contributed by atoms with E-state index in [0.717, 1.165) is 5.56 Å². The maximum Gasteiger partial charge on any atom is 0.407 e. The van der Waals surface area contributed by atoms with Gasteiger partial charge >= 0.3 is 6.09 Å². The molecule has 2 aromatic carbocycles. The maximum atomic E-state index is 12.5. The number of ether oxygens (including phenoxy) is 3. The molecule has 0 radical (unpaired) electrons. The van der Waals surface area contributed by atoms with Crippen molar-refractivity contribution in [1.29, 1.82) is 0 Å². The molecule has 168 valence electrons. The minimum Gasteiger partial charge on any atom is -0.497 e. The summed E-state index contributed by atoms with van der Waals surface area (Å²) in [7, 11) is 0.0410. The number of alkyl carbamates (subject to hydrolysis) is 1. The molecule has 4 atom stereocenters. The molecule has 9 heteroatoms. The van der Waals surface area contributed by atoms with E-state index in [0.29, 0.717) is 36.7 Å². The molecule has 1 aliphatic rings. The number of methoxy groups -OCH3 is 1. The van der Waals surface area contributed by atoms with Crippen LogP contribution in [0.4, 0.5) is 4.79 Å². The summed E-state index contributed by atoms with van der Waals surface area (Å²) in [5.41, 5.74) is 0.951. The van der Waals surface area contributed by atoms with Gasteiger partial charge in [-0.25, -0.2) is 13.7 Å². The van der Waals surface area contributed by atoms with Crippen LogP contribution >= 0.6 is 0 Å². The van der Waals surface area contributed by atoms with Crippen molar-refractivity contribution in [3.05, 3.63) is 60.2 Å². The lowest BCUT2D eigenvalue weighted by molar-refractivity contribution is 0.0699. The van der Waals surface area contributed by atoms with Gasteiger partial charge in [-0.05, 0) is 36.2 Å². The molecule has 2 aromatic rings. The molecule has 8 nitrogen and oxygen atoms in total. The quantitative estimate of drug-likeness (QED) is 0.512. The Labute approximate surface area is 184 Å². The van der Waals surface area contributed by atoms with E-state index in [-0.39, 0.29) is 12.6 Å². The highest BCUT2D eigenvalue weighted by molar-refractivity contribution is 7.83. The zero-order chi connectivity index (χ0) is 22.1. The van der Waals surface area contributed by atoms with E-state index in [9.17, 15) is 14.1 Å². The van der Waals surface area contributed by atoms with Gasteiger partial charge in [0.05, 0.1) is 37.4 Å². The molecular formula is C22H28N2O6S. The largest absolute Gasteiger partial charge is 0.497 e. The fourth-order valence-corrected chi connectivity index (χ4v) is 4.05. The summed E-state index contributed by atoms with van der Waals surface area (Å²) in [6.07, 6.45) is -0.826. The van der Waals surface area contributed by atoms with Gasteiger partial charge in [0.25, 0.3) is 0 Å². The van der Waals surface area contributed by atoms with Crippen molar-refractivity contribution in [1.82, 2.24) is 10.0 Å². The molecule has 0 aromatic heterocycles. The number of amides is 1. The SMILES string of the molecule is COc1ccc(S(=O)NC[C@@H](O)C(Cc2ccccc2)NC(=O)O[C@H]2CCOC2)cc1. The van der Waals surface area contributed by atoms with E-state index in [4.69, 9.17) is 14.2 Å². The van der Waals surface area contributed by atoms with Gasteiger partial charge in [0, 0.05) is 13.0 Å². The van der Waals surface area contributed by atoms with Crippen LogP contribution in [0.5, 0.6) is 5.75 Å². The summed E-state index contributed by atoms with van der Waals surface area (Å²) in [6, 6.07) is 15.7. The molecule has 0 spiro atoms. The normalized spacial score (nSPS) is 18.7. The van der Waals surface area contributed by atoms with Crippen LogP contribution in [-0.4, -0.2) is 60.5 Å². The predicted molar refractivity (Wildman–Crippen MR) is 116 cm³/mol. The second kappa shape index (κ2) is 11.8. The zero-order valence-electron chi connectivity index (χ0n) is 17.4. The Morgan fingerprint density at radius 2 is 1.97 bits per heavy atom. The van der Waals surface area contributed by atoms with Gasteiger partial charge in [-0.2, -0.15) is 0 Å². The Kier molecular flexibility index (Phi) is 8.84. The molecule has 3 N–H and O–H groups in total. The third-order valence-electron chi connectivity index (χ3n) is 4.92. The van der Waals surface area contributed by atoms with Crippen molar-refractivity contribution in [2.24, 2.45) is 0 Å². The molecule has 1 amide bonds. The van der Waals surface area contributed by atoms with E-state index in [1.165, 1.54) is 0 Å². The second-order valence-corrected chi connectivity index (χ2v) is 8.49. The lowest BCUT2D eigenvalue weighted by Crippen LogP contribution is -2.49. The second-order valence-electron chi connectivity index (χ2n) is 7.19. The van der Waals surface area contributed by atoms with Crippen LogP contribution in [0.25, 0.3) is 0 Å². The molecule has 3 rings (SSSR count). The summed E-state index contributed by atoms with van der Waals surface area (Å²) in [4.78, 5) is 12.9. The maximum absolute atomic E-state index is 12.5. The summed E-state index contributed by atoms with van der Waals surface area (Å²) in [6.45, 7) is 0.958. The Balaban J connectivity index is 1.59. The number of rotatable bonds is 10. The van der Waals surface area contributed by atoms with Crippen LogP contribution in [0, 0.1) is 0 Å². The van der Waals surface area contributed by atoms with Crippen molar-refractivity contribution >= 4 is 17.1 Å². The third-order valence-corrected chi connectivity index (χ3v) is 6.05. The average Bonchev–Trinajstić information content (AvgIpc) is 3.30. The van der Waals surface area contributed by atoms with Gasteiger partial charge in [0.15, 0.2) is 0 Å². The first-order valence-electron chi connectivity index (χ1n) is 10.1. The van der Waals surface area contributed by atoms with E-state index in [1.54, 1.807) is 31.4 Å². The summed E-state index contributed by atoms with van der Waals surface area (Å²) < 4.78 is 31.0. The topological polar surface area (TPSA) is 106 Å². The number of aliphatic hydroxyl groups excluding tert-OH is 1. The Morgan fingerprint density at radius 1 is 1.23 bits per heavy atom. The number of nitrogens with one attached hydrogen (secondary N) is 2.